The minimum atomic E-state index is -0.569. The molecule has 6 nitrogen and oxygen atoms in total. The van der Waals surface area contributed by atoms with Crippen molar-refractivity contribution in [1.29, 1.82) is 0 Å². The first-order valence-corrected chi connectivity index (χ1v) is 11.4. The molecule has 0 bridgehead atoms. The van der Waals surface area contributed by atoms with Gasteiger partial charge in [-0.3, -0.25) is 9.98 Å². The molecule has 0 amide bonds. The van der Waals surface area contributed by atoms with Crippen molar-refractivity contribution in [2.45, 2.75) is 95.0 Å². The van der Waals surface area contributed by atoms with Crippen LogP contribution < -0.4 is 10.6 Å². The van der Waals surface area contributed by atoms with Gasteiger partial charge >= 0.3 is 0 Å². The monoisotopic (exact) mass is 414 g/mol. The van der Waals surface area contributed by atoms with Crippen LogP contribution in [0.5, 0.6) is 0 Å². The predicted molar refractivity (Wildman–Crippen MR) is 117 cm³/mol. The van der Waals surface area contributed by atoms with Gasteiger partial charge in [-0.2, -0.15) is 0 Å². The Hall–Kier alpha value is -0.440. The number of aliphatic imine (C=N–C) groups is 2. The molecule has 0 aromatic heterocycles. The Labute approximate surface area is 172 Å². The first-order chi connectivity index (χ1) is 12.3. The average Bonchev–Trinajstić information content (AvgIpc) is 3.14. The van der Waals surface area contributed by atoms with E-state index >= 15 is 0 Å². The largest absolute Gasteiger partial charge is 0.364 e. The topological polar surface area (TPSA) is 67.2 Å². The molecule has 2 N–H and O–H groups in total. The lowest BCUT2D eigenvalue weighted by molar-refractivity contribution is -0.145. The zero-order valence-corrected chi connectivity index (χ0v) is 19.4. The minimum Gasteiger partial charge on any atom is -0.364 e. The van der Waals surface area contributed by atoms with Crippen molar-refractivity contribution in [3.05, 3.63) is 0 Å². The first kappa shape index (κ1) is 21.3. The molecule has 0 aliphatic carbocycles. The second-order valence-electron chi connectivity index (χ2n) is 9.87. The number of hydrogen-bond donors (Lipinski definition) is 2. The third-order valence-electron chi connectivity index (χ3n) is 4.21. The maximum Gasteiger partial charge on any atom is 0.163 e. The van der Waals surface area contributed by atoms with Gasteiger partial charge in [0.05, 0.1) is 22.6 Å². The van der Waals surface area contributed by atoms with E-state index in [1.807, 2.05) is 13.8 Å². The second-order valence-corrected chi connectivity index (χ2v) is 12.3. The Balaban J connectivity index is 1.68. The molecule has 0 spiro atoms. The summed E-state index contributed by atoms with van der Waals surface area (Å²) in [5, 5.41) is 9.51. The fourth-order valence-corrected chi connectivity index (χ4v) is 5.90. The standard InChI is InChI=1S/C19H34N4O2S2/c1-17(2,3)22-15-20-9-11(26-15)13-14(25-19(7,8)24-13)12-10-21-16(27-12)23-18(4,5)6/h11-14H,9-10H2,1-8H3,(H,20,22)(H,21,23)/t11-,12-,13-,14-/m1/s1. The Morgan fingerprint density at radius 2 is 1.70 bits per heavy atom. The molecule has 3 aliphatic rings. The molecule has 2 fully saturated rings. The van der Waals surface area contributed by atoms with E-state index in [9.17, 15) is 0 Å². The number of thioether (sulfide) groups is 2. The van der Waals surface area contributed by atoms with E-state index in [2.05, 4.69) is 52.2 Å². The van der Waals surface area contributed by atoms with Crippen LogP contribution in [-0.2, 0) is 9.47 Å². The predicted octanol–water partition coefficient (Wildman–Crippen LogP) is 3.23. The molecule has 4 atom stereocenters. The van der Waals surface area contributed by atoms with Crippen LogP contribution in [0.4, 0.5) is 0 Å². The zero-order valence-electron chi connectivity index (χ0n) is 17.8. The van der Waals surface area contributed by atoms with Crippen LogP contribution in [0, 0.1) is 0 Å². The normalized spacial score (nSPS) is 35.4. The van der Waals surface area contributed by atoms with Crippen molar-refractivity contribution in [2.24, 2.45) is 9.98 Å². The Morgan fingerprint density at radius 3 is 2.30 bits per heavy atom. The summed E-state index contributed by atoms with van der Waals surface area (Å²) >= 11 is 3.56. The van der Waals surface area contributed by atoms with Crippen LogP contribution >= 0.6 is 23.5 Å². The summed E-state index contributed by atoms with van der Waals surface area (Å²) in [5.74, 6) is -0.569. The van der Waals surface area contributed by atoms with E-state index in [-0.39, 0.29) is 33.8 Å². The summed E-state index contributed by atoms with van der Waals surface area (Å²) in [7, 11) is 0. The summed E-state index contributed by atoms with van der Waals surface area (Å²) in [5.41, 5.74) is -0.0748. The van der Waals surface area contributed by atoms with Crippen LogP contribution in [0.1, 0.15) is 55.4 Å². The highest BCUT2D eigenvalue weighted by atomic mass is 32.2. The van der Waals surface area contributed by atoms with Crippen molar-refractivity contribution in [2.75, 3.05) is 13.1 Å². The van der Waals surface area contributed by atoms with Crippen molar-refractivity contribution in [1.82, 2.24) is 10.6 Å². The van der Waals surface area contributed by atoms with E-state index in [4.69, 9.17) is 19.5 Å². The molecule has 0 aromatic rings. The highest BCUT2D eigenvalue weighted by molar-refractivity contribution is 8.15. The van der Waals surface area contributed by atoms with Gasteiger partial charge in [-0.05, 0) is 55.4 Å². The first-order valence-electron chi connectivity index (χ1n) is 9.67. The number of nitrogens with one attached hydrogen (secondary N) is 2. The van der Waals surface area contributed by atoms with Gasteiger partial charge in [-0.15, -0.1) is 0 Å². The maximum absolute atomic E-state index is 6.35. The van der Waals surface area contributed by atoms with Crippen molar-refractivity contribution < 1.29 is 9.47 Å². The molecule has 0 radical (unpaired) electrons. The summed E-state index contributed by atoms with van der Waals surface area (Å²) in [6.45, 7) is 18.4. The average molecular weight is 415 g/mol. The lowest BCUT2D eigenvalue weighted by Gasteiger charge is -2.26. The highest BCUT2D eigenvalue weighted by Gasteiger charge is 2.51. The van der Waals surface area contributed by atoms with Gasteiger partial charge in [0.25, 0.3) is 0 Å². The minimum absolute atomic E-state index is 0.00990. The molecule has 3 aliphatic heterocycles. The third kappa shape index (κ3) is 5.78. The fraction of sp³-hybridized carbons (Fsp3) is 0.895. The van der Waals surface area contributed by atoms with E-state index in [0.29, 0.717) is 0 Å². The molecule has 154 valence electrons. The molecule has 27 heavy (non-hydrogen) atoms. The molecule has 0 saturated carbocycles. The van der Waals surface area contributed by atoms with Gasteiger partial charge in [0.2, 0.25) is 0 Å². The third-order valence-corrected chi connectivity index (χ3v) is 6.58. The van der Waals surface area contributed by atoms with Gasteiger partial charge in [-0.25, -0.2) is 0 Å². The van der Waals surface area contributed by atoms with Gasteiger partial charge in [0.15, 0.2) is 16.1 Å². The summed E-state index contributed by atoms with van der Waals surface area (Å²) in [6, 6.07) is 0. The number of ether oxygens (including phenoxy) is 2. The smallest absolute Gasteiger partial charge is 0.163 e. The second kappa shape index (κ2) is 7.43. The van der Waals surface area contributed by atoms with Gasteiger partial charge < -0.3 is 20.1 Å². The quantitative estimate of drug-likeness (QED) is 0.723. The Morgan fingerprint density at radius 1 is 1.07 bits per heavy atom. The molecule has 3 heterocycles. The molecule has 0 aromatic carbocycles. The number of nitrogens with zero attached hydrogens (tertiary/aromatic N) is 2. The molecule has 8 heteroatoms. The van der Waals surface area contributed by atoms with Crippen molar-refractivity contribution in [3.63, 3.8) is 0 Å². The van der Waals surface area contributed by atoms with Gasteiger partial charge in [0, 0.05) is 12.1 Å². The van der Waals surface area contributed by atoms with Crippen LogP contribution in [0.3, 0.4) is 0 Å². The summed E-state index contributed by atoms with van der Waals surface area (Å²) in [4.78, 5) is 9.48. The zero-order chi connectivity index (χ0) is 20.0. The van der Waals surface area contributed by atoms with E-state index < -0.39 is 5.79 Å². The van der Waals surface area contributed by atoms with Crippen LogP contribution in [0.2, 0.25) is 0 Å². The molecule has 3 rings (SSSR count). The molecule has 0 unspecified atom stereocenters. The number of amidine groups is 2. The summed E-state index contributed by atoms with van der Waals surface area (Å²) in [6.07, 6.45) is 0.0353. The van der Waals surface area contributed by atoms with Gasteiger partial charge in [-0.1, -0.05) is 23.5 Å². The Kier molecular flexibility index (Phi) is 5.85. The molecular weight excluding hydrogens is 380 g/mol. The van der Waals surface area contributed by atoms with E-state index in [1.54, 1.807) is 23.5 Å². The summed E-state index contributed by atoms with van der Waals surface area (Å²) < 4.78 is 12.7. The van der Waals surface area contributed by atoms with Gasteiger partial charge in [0.1, 0.15) is 12.2 Å². The molecule has 2 saturated heterocycles. The van der Waals surface area contributed by atoms with Crippen molar-refractivity contribution >= 4 is 33.9 Å². The molecular formula is C19H34N4O2S2. The maximum atomic E-state index is 6.35. The lowest BCUT2D eigenvalue weighted by Crippen LogP contribution is -2.42. The fourth-order valence-electron chi connectivity index (χ4n) is 3.31. The highest BCUT2D eigenvalue weighted by Crippen LogP contribution is 2.41. The number of hydrogen-bond acceptors (Lipinski definition) is 7. The van der Waals surface area contributed by atoms with E-state index in [0.717, 1.165) is 23.4 Å². The van der Waals surface area contributed by atoms with E-state index in [1.165, 1.54) is 0 Å². The lowest BCUT2D eigenvalue weighted by atomic mass is 10.1. The van der Waals surface area contributed by atoms with Crippen LogP contribution in [-0.4, -0.2) is 63.0 Å². The van der Waals surface area contributed by atoms with Crippen LogP contribution in [0.25, 0.3) is 0 Å². The SMILES string of the molecule is CC(C)(C)N=C1NC[C@H]([C@H]2OC(C)(C)O[C@@H]2[C@H]2CN=C(NC(C)(C)C)S2)S1. The number of rotatable bonds is 2. The van der Waals surface area contributed by atoms with Crippen LogP contribution in [0.15, 0.2) is 9.98 Å². The van der Waals surface area contributed by atoms with Crippen molar-refractivity contribution in [3.8, 4) is 0 Å². The Bertz CT molecular complexity index is 622.